The first-order valence-electron chi connectivity index (χ1n) is 9.88. The van der Waals surface area contributed by atoms with Crippen LogP contribution in [0.2, 0.25) is 0 Å². The molecule has 1 fully saturated rings. The maximum atomic E-state index is 13.9. The van der Waals surface area contributed by atoms with Crippen molar-refractivity contribution in [1.82, 2.24) is 9.88 Å². The van der Waals surface area contributed by atoms with Crippen molar-refractivity contribution in [3.63, 3.8) is 0 Å². The van der Waals surface area contributed by atoms with E-state index >= 15 is 0 Å². The summed E-state index contributed by atoms with van der Waals surface area (Å²) in [6.45, 7) is 3.80. The summed E-state index contributed by atoms with van der Waals surface area (Å²) in [5, 5.41) is 12.2. The SMILES string of the molecule is COC(=O)c1ccc(-c2nc(CN3CCN(c4cccc(F)c4C#N)CC3)cs2)cc1. The Kier molecular flexibility index (Phi) is 6.26. The van der Waals surface area contributed by atoms with Gasteiger partial charge in [-0.05, 0) is 24.3 Å². The molecule has 0 radical (unpaired) electrons. The molecular formula is C23H21FN4O2S. The summed E-state index contributed by atoms with van der Waals surface area (Å²) in [6.07, 6.45) is 0. The van der Waals surface area contributed by atoms with Gasteiger partial charge < -0.3 is 9.64 Å². The van der Waals surface area contributed by atoms with Crippen molar-refractivity contribution < 1.29 is 13.9 Å². The van der Waals surface area contributed by atoms with Crippen molar-refractivity contribution in [2.24, 2.45) is 0 Å². The molecular weight excluding hydrogens is 415 g/mol. The number of piperazine rings is 1. The second-order valence-corrected chi connectivity index (χ2v) is 8.08. The van der Waals surface area contributed by atoms with Gasteiger partial charge in [-0.2, -0.15) is 5.26 Å². The van der Waals surface area contributed by atoms with Crippen LogP contribution in [-0.2, 0) is 11.3 Å². The Morgan fingerprint density at radius 3 is 2.61 bits per heavy atom. The molecule has 0 aliphatic carbocycles. The topological polar surface area (TPSA) is 69.5 Å². The number of rotatable bonds is 5. The molecule has 2 heterocycles. The maximum Gasteiger partial charge on any atom is 0.337 e. The Morgan fingerprint density at radius 1 is 1.19 bits per heavy atom. The van der Waals surface area contributed by atoms with Crippen LogP contribution < -0.4 is 4.90 Å². The molecule has 0 saturated carbocycles. The lowest BCUT2D eigenvalue weighted by Gasteiger charge is -2.36. The van der Waals surface area contributed by atoms with Gasteiger partial charge in [-0.3, -0.25) is 4.90 Å². The average Bonchev–Trinajstić information content (AvgIpc) is 3.27. The van der Waals surface area contributed by atoms with Crippen LogP contribution in [0.3, 0.4) is 0 Å². The highest BCUT2D eigenvalue weighted by atomic mass is 32.1. The molecule has 31 heavy (non-hydrogen) atoms. The van der Waals surface area contributed by atoms with Crippen LogP contribution in [0.1, 0.15) is 21.6 Å². The summed E-state index contributed by atoms with van der Waals surface area (Å²) in [6, 6.07) is 14.0. The molecule has 2 aromatic carbocycles. The zero-order valence-corrected chi connectivity index (χ0v) is 17.9. The van der Waals surface area contributed by atoms with Gasteiger partial charge in [-0.15, -0.1) is 11.3 Å². The quantitative estimate of drug-likeness (QED) is 0.565. The molecule has 1 aliphatic rings. The number of esters is 1. The maximum absolute atomic E-state index is 13.9. The number of anilines is 1. The third kappa shape index (κ3) is 4.58. The normalized spacial score (nSPS) is 14.3. The number of hydrogen-bond donors (Lipinski definition) is 0. The number of carbonyl (C=O) groups is 1. The molecule has 0 bridgehead atoms. The van der Waals surface area contributed by atoms with Gasteiger partial charge in [0.25, 0.3) is 0 Å². The zero-order chi connectivity index (χ0) is 21.8. The summed E-state index contributed by atoms with van der Waals surface area (Å²) in [5.41, 5.74) is 3.24. The highest BCUT2D eigenvalue weighted by Crippen LogP contribution is 2.26. The summed E-state index contributed by atoms with van der Waals surface area (Å²) >= 11 is 1.57. The van der Waals surface area contributed by atoms with Gasteiger partial charge in [0.1, 0.15) is 22.5 Å². The number of hydrogen-bond acceptors (Lipinski definition) is 7. The third-order valence-corrected chi connectivity index (χ3v) is 6.25. The van der Waals surface area contributed by atoms with E-state index in [-0.39, 0.29) is 11.5 Å². The number of benzene rings is 2. The average molecular weight is 437 g/mol. The minimum Gasteiger partial charge on any atom is -0.465 e. The van der Waals surface area contributed by atoms with Crippen LogP contribution in [0, 0.1) is 17.1 Å². The summed E-state index contributed by atoms with van der Waals surface area (Å²) in [4.78, 5) is 20.7. The first kappa shape index (κ1) is 21.0. The monoisotopic (exact) mass is 436 g/mol. The highest BCUT2D eigenvalue weighted by Gasteiger charge is 2.21. The molecule has 4 rings (SSSR count). The van der Waals surface area contributed by atoms with E-state index in [9.17, 15) is 14.4 Å². The smallest absolute Gasteiger partial charge is 0.337 e. The predicted molar refractivity (Wildman–Crippen MR) is 117 cm³/mol. The second kappa shape index (κ2) is 9.25. The lowest BCUT2D eigenvalue weighted by atomic mass is 10.1. The van der Waals surface area contributed by atoms with Crippen LogP contribution in [0.25, 0.3) is 10.6 Å². The van der Waals surface area contributed by atoms with Crippen LogP contribution in [0.15, 0.2) is 47.8 Å². The van der Waals surface area contributed by atoms with E-state index in [0.717, 1.165) is 49.0 Å². The molecule has 3 aromatic rings. The Labute approximate surface area is 184 Å². The van der Waals surface area contributed by atoms with Crippen molar-refractivity contribution in [3.8, 4) is 16.6 Å². The van der Waals surface area contributed by atoms with Crippen LogP contribution in [0.5, 0.6) is 0 Å². The van der Waals surface area contributed by atoms with Gasteiger partial charge in [0.15, 0.2) is 0 Å². The number of ether oxygens (including phenoxy) is 1. The van der Waals surface area contributed by atoms with E-state index in [2.05, 4.69) is 15.2 Å². The Bertz CT molecular complexity index is 1120. The molecule has 0 atom stereocenters. The van der Waals surface area contributed by atoms with E-state index < -0.39 is 5.82 Å². The van der Waals surface area contributed by atoms with Crippen LogP contribution in [0.4, 0.5) is 10.1 Å². The largest absolute Gasteiger partial charge is 0.465 e. The number of aromatic nitrogens is 1. The molecule has 6 nitrogen and oxygen atoms in total. The molecule has 0 N–H and O–H groups in total. The number of nitrogens with zero attached hydrogens (tertiary/aromatic N) is 4. The number of carbonyl (C=O) groups excluding carboxylic acids is 1. The lowest BCUT2D eigenvalue weighted by molar-refractivity contribution is 0.0600. The van der Waals surface area contributed by atoms with Gasteiger partial charge >= 0.3 is 5.97 Å². The number of methoxy groups -OCH3 is 1. The number of nitriles is 1. The minimum atomic E-state index is -0.475. The van der Waals surface area contributed by atoms with Crippen molar-refractivity contribution in [2.75, 3.05) is 38.2 Å². The van der Waals surface area contributed by atoms with Gasteiger partial charge in [-0.25, -0.2) is 14.2 Å². The van der Waals surface area contributed by atoms with Gasteiger partial charge in [0.05, 0.1) is 24.1 Å². The molecule has 8 heteroatoms. The molecule has 1 aliphatic heterocycles. The Hall–Kier alpha value is -3.28. The fourth-order valence-electron chi connectivity index (χ4n) is 3.64. The standard InChI is InChI=1S/C23H21FN4O2S/c1-30-23(29)17-7-5-16(6-8-17)22-26-18(15-31-22)14-27-9-11-28(12-10-27)21-4-2-3-20(24)19(21)13-25/h2-8,15H,9-12,14H2,1H3. The van der Waals surface area contributed by atoms with Gasteiger partial charge in [0, 0.05) is 43.7 Å². The zero-order valence-electron chi connectivity index (χ0n) is 17.0. The Balaban J connectivity index is 1.37. The van der Waals surface area contributed by atoms with Gasteiger partial charge in [0.2, 0.25) is 0 Å². The fourth-order valence-corrected chi connectivity index (χ4v) is 4.46. The lowest BCUT2D eigenvalue weighted by Crippen LogP contribution is -2.46. The summed E-state index contributed by atoms with van der Waals surface area (Å²) < 4.78 is 18.6. The van der Waals surface area contributed by atoms with E-state index in [1.807, 2.05) is 18.2 Å². The number of thiazole rings is 1. The second-order valence-electron chi connectivity index (χ2n) is 7.22. The molecule has 0 spiro atoms. The van der Waals surface area contributed by atoms with E-state index in [1.165, 1.54) is 13.2 Å². The minimum absolute atomic E-state index is 0.110. The fraction of sp³-hybridized carbons (Fsp3) is 0.261. The number of halogens is 1. The first-order valence-corrected chi connectivity index (χ1v) is 10.8. The van der Waals surface area contributed by atoms with E-state index in [1.54, 1.807) is 35.6 Å². The van der Waals surface area contributed by atoms with Crippen LogP contribution in [-0.4, -0.2) is 49.1 Å². The van der Waals surface area contributed by atoms with Crippen molar-refractivity contribution in [1.29, 1.82) is 5.26 Å². The third-order valence-electron chi connectivity index (χ3n) is 5.31. The van der Waals surface area contributed by atoms with Crippen molar-refractivity contribution >= 4 is 23.0 Å². The highest BCUT2D eigenvalue weighted by molar-refractivity contribution is 7.13. The molecule has 0 amide bonds. The van der Waals surface area contributed by atoms with E-state index in [4.69, 9.17) is 9.72 Å². The predicted octanol–water partition coefficient (Wildman–Crippen LogP) is 3.93. The first-order chi connectivity index (χ1) is 15.1. The molecule has 1 saturated heterocycles. The summed E-state index contributed by atoms with van der Waals surface area (Å²) in [5.74, 6) is -0.831. The van der Waals surface area contributed by atoms with Crippen molar-refractivity contribution in [2.45, 2.75) is 6.54 Å². The Morgan fingerprint density at radius 2 is 1.94 bits per heavy atom. The van der Waals surface area contributed by atoms with E-state index in [0.29, 0.717) is 11.3 Å². The van der Waals surface area contributed by atoms with Crippen LogP contribution >= 0.6 is 11.3 Å². The molecule has 1 aromatic heterocycles. The molecule has 158 valence electrons. The summed E-state index contributed by atoms with van der Waals surface area (Å²) in [7, 11) is 1.36. The molecule has 0 unspecified atom stereocenters. The van der Waals surface area contributed by atoms with Crippen molar-refractivity contribution in [3.05, 3.63) is 70.5 Å². The van der Waals surface area contributed by atoms with Gasteiger partial charge in [-0.1, -0.05) is 18.2 Å².